The van der Waals surface area contributed by atoms with Gasteiger partial charge in [-0.2, -0.15) is 0 Å². The summed E-state index contributed by atoms with van der Waals surface area (Å²) in [5.74, 6) is -0.198. The molecule has 3 heteroatoms. The monoisotopic (exact) mass is 153 g/mol. The highest BCUT2D eigenvalue weighted by Crippen LogP contribution is 2.05. The summed E-state index contributed by atoms with van der Waals surface area (Å²) in [5.41, 5.74) is 0.537. The lowest BCUT2D eigenvalue weighted by Gasteiger charge is -1.96. The Bertz CT molecular complexity index is 290. The van der Waals surface area contributed by atoms with E-state index in [9.17, 15) is 4.79 Å². The average Bonchev–Trinajstić information content (AvgIpc) is 1.98. The van der Waals surface area contributed by atoms with Gasteiger partial charge in [-0.3, -0.25) is 4.79 Å². The van der Waals surface area contributed by atoms with Gasteiger partial charge in [-0.05, 0) is 18.1 Å². The van der Waals surface area contributed by atoms with Crippen molar-refractivity contribution >= 4 is 0 Å². The van der Waals surface area contributed by atoms with E-state index in [2.05, 4.69) is 4.98 Å². The van der Waals surface area contributed by atoms with Gasteiger partial charge in [0.25, 0.3) is 5.56 Å². The Morgan fingerprint density at radius 2 is 2.36 bits per heavy atom. The van der Waals surface area contributed by atoms with Crippen molar-refractivity contribution in [2.45, 2.75) is 19.8 Å². The van der Waals surface area contributed by atoms with Gasteiger partial charge >= 0.3 is 0 Å². The van der Waals surface area contributed by atoms with E-state index < -0.39 is 5.56 Å². The van der Waals surface area contributed by atoms with Crippen molar-refractivity contribution in [1.29, 1.82) is 0 Å². The van der Waals surface area contributed by atoms with E-state index in [4.69, 9.17) is 5.11 Å². The Morgan fingerprint density at radius 1 is 1.64 bits per heavy atom. The van der Waals surface area contributed by atoms with Crippen molar-refractivity contribution in [1.82, 2.24) is 4.98 Å². The lowest BCUT2D eigenvalue weighted by molar-refractivity contribution is 0.465. The second-order valence-corrected chi connectivity index (χ2v) is 2.47. The van der Waals surface area contributed by atoms with Crippen molar-refractivity contribution in [2.24, 2.45) is 0 Å². The van der Waals surface area contributed by atoms with Gasteiger partial charge in [0.2, 0.25) is 0 Å². The first-order valence-corrected chi connectivity index (χ1v) is 3.64. The molecule has 0 saturated carbocycles. The number of aromatic amines is 1. The lowest BCUT2D eigenvalue weighted by atomic mass is 10.2. The molecule has 0 saturated heterocycles. The molecule has 0 spiro atoms. The molecule has 1 aromatic rings. The van der Waals surface area contributed by atoms with Crippen molar-refractivity contribution in [2.75, 3.05) is 0 Å². The first kappa shape index (κ1) is 7.85. The average molecular weight is 153 g/mol. The summed E-state index contributed by atoms with van der Waals surface area (Å²) in [5, 5.41) is 8.98. The maximum atomic E-state index is 10.7. The number of hydrogen-bond donors (Lipinski definition) is 2. The van der Waals surface area contributed by atoms with Crippen LogP contribution in [0.5, 0.6) is 5.75 Å². The number of pyridine rings is 1. The molecule has 3 nitrogen and oxygen atoms in total. The minimum Gasteiger partial charge on any atom is -0.503 e. The summed E-state index contributed by atoms with van der Waals surface area (Å²) in [6.07, 6.45) is 3.52. The van der Waals surface area contributed by atoms with Crippen molar-refractivity contribution in [3.8, 4) is 5.75 Å². The van der Waals surface area contributed by atoms with Crippen LogP contribution in [0.1, 0.15) is 18.9 Å². The normalized spacial score (nSPS) is 9.91. The lowest BCUT2D eigenvalue weighted by Crippen LogP contribution is -2.04. The fraction of sp³-hybridized carbons (Fsp3) is 0.375. The number of H-pyrrole nitrogens is 1. The van der Waals surface area contributed by atoms with Crippen LogP contribution in [0, 0.1) is 0 Å². The second kappa shape index (κ2) is 3.23. The van der Waals surface area contributed by atoms with Gasteiger partial charge in [-0.25, -0.2) is 0 Å². The van der Waals surface area contributed by atoms with Crippen LogP contribution in [-0.4, -0.2) is 10.1 Å². The molecule has 1 aromatic heterocycles. The number of rotatable bonds is 2. The van der Waals surface area contributed by atoms with Crippen molar-refractivity contribution in [3.63, 3.8) is 0 Å². The Hall–Kier alpha value is -1.25. The molecule has 1 heterocycles. The topological polar surface area (TPSA) is 53.1 Å². The van der Waals surface area contributed by atoms with Crippen LogP contribution in [0.15, 0.2) is 17.1 Å². The number of aromatic hydroxyl groups is 1. The first-order chi connectivity index (χ1) is 5.24. The number of aryl methyl sites for hydroxylation is 1. The van der Waals surface area contributed by atoms with E-state index in [1.807, 2.05) is 6.92 Å². The third-order valence-corrected chi connectivity index (χ3v) is 1.48. The van der Waals surface area contributed by atoms with E-state index in [1.54, 1.807) is 6.20 Å². The van der Waals surface area contributed by atoms with Crippen LogP contribution in [-0.2, 0) is 6.42 Å². The predicted molar refractivity (Wildman–Crippen MR) is 42.7 cm³/mol. The maximum Gasteiger partial charge on any atom is 0.290 e. The van der Waals surface area contributed by atoms with Crippen LogP contribution in [0.25, 0.3) is 0 Å². The highest BCUT2D eigenvalue weighted by atomic mass is 16.3. The quantitative estimate of drug-likeness (QED) is 0.666. The molecule has 0 aliphatic carbocycles. The molecule has 0 fully saturated rings. The molecular formula is C8H11NO2. The molecular weight excluding hydrogens is 142 g/mol. The molecule has 11 heavy (non-hydrogen) atoms. The van der Waals surface area contributed by atoms with Crippen LogP contribution in [0.3, 0.4) is 0 Å². The molecule has 1 rings (SSSR count). The van der Waals surface area contributed by atoms with Crippen LogP contribution in [0.2, 0.25) is 0 Å². The van der Waals surface area contributed by atoms with E-state index >= 15 is 0 Å². The summed E-state index contributed by atoms with van der Waals surface area (Å²) < 4.78 is 0. The number of nitrogens with one attached hydrogen (secondary N) is 1. The predicted octanol–water partition coefficient (Wildman–Crippen LogP) is 1.03. The van der Waals surface area contributed by atoms with Crippen LogP contribution < -0.4 is 5.56 Å². The SMILES string of the molecule is CCCc1c[nH]c(=O)c(O)c1. The van der Waals surface area contributed by atoms with E-state index in [0.717, 1.165) is 18.4 Å². The zero-order valence-corrected chi connectivity index (χ0v) is 6.42. The summed E-state index contributed by atoms with van der Waals surface area (Å²) in [6.45, 7) is 2.04. The maximum absolute atomic E-state index is 10.7. The molecule has 0 aliphatic rings. The highest BCUT2D eigenvalue weighted by Gasteiger charge is 1.96. The third kappa shape index (κ3) is 1.83. The van der Waals surface area contributed by atoms with Gasteiger partial charge in [-0.15, -0.1) is 0 Å². The third-order valence-electron chi connectivity index (χ3n) is 1.48. The van der Waals surface area contributed by atoms with Crippen molar-refractivity contribution in [3.05, 3.63) is 28.2 Å². The van der Waals surface area contributed by atoms with Gasteiger partial charge in [-0.1, -0.05) is 13.3 Å². The fourth-order valence-corrected chi connectivity index (χ4v) is 0.948. The molecule has 0 radical (unpaired) electrons. The molecule has 0 atom stereocenters. The van der Waals surface area contributed by atoms with Crippen LogP contribution >= 0.6 is 0 Å². The fourth-order valence-electron chi connectivity index (χ4n) is 0.948. The van der Waals surface area contributed by atoms with E-state index in [0.29, 0.717) is 0 Å². The van der Waals surface area contributed by atoms with E-state index in [-0.39, 0.29) is 5.75 Å². The standard InChI is InChI=1S/C8H11NO2/c1-2-3-6-4-7(10)8(11)9-5-6/h4-5,10H,2-3H2,1H3,(H,9,11). The van der Waals surface area contributed by atoms with Gasteiger partial charge in [0.05, 0.1) is 0 Å². The first-order valence-electron chi connectivity index (χ1n) is 3.64. The zero-order chi connectivity index (χ0) is 8.27. The minimum atomic E-state index is -0.426. The largest absolute Gasteiger partial charge is 0.503 e. The number of aromatic nitrogens is 1. The summed E-state index contributed by atoms with van der Waals surface area (Å²) in [6, 6.07) is 1.50. The second-order valence-electron chi connectivity index (χ2n) is 2.47. The van der Waals surface area contributed by atoms with E-state index in [1.165, 1.54) is 6.07 Å². The Morgan fingerprint density at radius 3 is 2.91 bits per heavy atom. The summed E-state index contributed by atoms with van der Waals surface area (Å²) >= 11 is 0. The molecule has 0 amide bonds. The van der Waals surface area contributed by atoms with Gasteiger partial charge in [0.15, 0.2) is 5.75 Å². The molecule has 2 N–H and O–H groups in total. The smallest absolute Gasteiger partial charge is 0.290 e. The zero-order valence-electron chi connectivity index (χ0n) is 6.42. The Kier molecular flexibility index (Phi) is 2.31. The van der Waals surface area contributed by atoms with Crippen molar-refractivity contribution < 1.29 is 5.11 Å². The molecule has 0 unspecified atom stereocenters. The molecule has 0 aromatic carbocycles. The van der Waals surface area contributed by atoms with Gasteiger partial charge in [0, 0.05) is 6.20 Å². The van der Waals surface area contributed by atoms with Gasteiger partial charge in [0.1, 0.15) is 0 Å². The number of hydrogen-bond acceptors (Lipinski definition) is 2. The summed E-state index contributed by atoms with van der Waals surface area (Å²) in [7, 11) is 0. The molecule has 0 bridgehead atoms. The Balaban J connectivity index is 2.96. The van der Waals surface area contributed by atoms with Gasteiger partial charge < -0.3 is 10.1 Å². The molecule has 60 valence electrons. The van der Waals surface area contributed by atoms with Crippen LogP contribution in [0.4, 0.5) is 0 Å². The molecule has 0 aliphatic heterocycles. The highest BCUT2D eigenvalue weighted by molar-refractivity contribution is 5.21. The Labute approximate surface area is 64.7 Å². The summed E-state index contributed by atoms with van der Waals surface area (Å²) in [4.78, 5) is 13.1. The minimum absolute atomic E-state index is 0.198.